The van der Waals surface area contributed by atoms with Crippen molar-refractivity contribution in [3.05, 3.63) is 30.7 Å². The Kier molecular flexibility index (Phi) is 1.49. The summed E-state index contributed by atoms with van der Waals surface area (Å²) in [5.41, 5.74) is 7.51. The van der Waals surface area contributed by atoms with Crippen LogP contribution in [0.2, 0.25) is 0 Å². The fourth-order valence-electron chi connectivity index (χ4n) is 1.38. The van der Waals surface area contributed by atoms with Crippen molar-refractivity contribution in [2.24, 2.45) is 0 Å². The molecular weight excluding hydrogens is 194 g/mol. The molecule has 6 heteroatoms. The maximum absolute atomic E-state index is 5.67. The average Bonchev–Trinajstić information content (AvgIpc) is 2.82. The Hall–Kier alpha value is -2.37. The van der Waals surface area contributed by atoms with Crippen molar-refractivity contribution in [1.82, 2.24) is 19.8 Å². The zero-order valence-corrected chi connectivity index (χ0v) is 7.66. The SMILES string of the molecule is Nc1cnoc1-c1cc2ncccn2n1. The molecule has 3 aromatic heterocycles. The first-order valence-electron chi connectivity index (χ1n) is 4.35. The average molecular weight is 201 g/mol. The molecule has 3 heterocycles. The molecule has 0 aromatic carbocycles. The molecule has 74 valence electrons. The van der Waals surface area contributed by atoms with Gasteiger partial charge < -0.3 is 10.3 Å². The normalized spacial score (nSPS) is 10.9. The van der Waals surface area contributed by atoms with Crippen molar-refractivity contribution in [3.8, 4) is 11.5 Å². The summed E-state index contributed by atoms with van der Waals surface area (Å²) in [6, 6.07) is 3.59. The first kappa shape index (κ1) is 7.98. The molecule has 0 radical (unpaired) electrons. The van der Waals surface area contributed by atoms with Crippen molar-refractivity contribution in [2.45, 2.75) is 0 Å². The quantitative estimate of drug-likeness (QED) is 0.634. The summed E-state index contributed by atoms with van der Waals surface area (Å²) in [5.74, 6) is 0.473. The van der Waals surface area contributed by atoms with Crippen molar-refractivity contribution in [1.29, 1.82) is 0 Å². The van der Waals surface area contributed by atoms with Gasteiger partial charge in [0.2, 0.25) is 5.76 Å². The van der Waals surface area contributed by atoms with Crippen molar-refractivity contribution in [3.63, 3.8) is 0 Å². The van der Waals surface area contributed by atoms with E-state index in [2.05, 4.69) is 15.2 Å². The third kappa shape index (κ3) is 1.15. The van der Waals surface area contributed by atoms with Crippen molar-refractivity contribution < 1.29 is 4.52 Å². The van der Waals surface area contributed by atoms with Crippen LogP contribution < -0.4 is 5.73 Å². The summed E-state index contributed by atoms with van der Waals surface area (Å²) < 4.78 is 6.65. The van der Waals surface area contributed by atoms with Gasteiger partial charge in [-0.25, -0.2) is 9.50 Å². The molecule has 2 N–H and O–H groups in total. The van der Waals surface area contributed by atoms with Crippen molar-refractivity contribution in [2.75, 3.05) is 5.73 Å². The first-order chi connectivity index (χ1) is 7.34. The molecule has 0 fully saturated rings. The molecule has 0 aliphatic rings. The molecule has 6 nitrogen and oxygen atoms in total. The molecule has 3 aromatic rings. The fourth-order valence-corrected chi connectivity index (χ4v) is 1.38. The predicted molar refractivity (Wildman–Crippen MR) is 52.9 cm³/mol. The molecule has 0 atom stereocenters. The van der Waals surface area contributed by atoms with Crippen LogP contribution in [0.15, 0.2) is 35.2 Å². The van der Waals surface area contributed by atoms with Gasteiger partial charge in [-0.15, -0.1) is 0 Å². The topological polar surface area (TPSA) is 82.2 Å². The summed E-state index contributed by atoms with van der Waals surface area (Å²) in [7, 11) is 0. The second-order valence-corrected chi connectivity index (χ2v) is 3.06. The van der Waals surface area contributed by atoms with Crippen LogP contribution in [-0.4, -0.2) is 19.8 Å². The number of anilines is 1. The third-order valence-electron chi connectivity index (χ3n) is 2.07. The summed E-state index contributed by atoms with van der Waals surface area (Å²) in [6.45, 7) is 0. The van der Waals surface area contributed by atoms with Gasteiger partial charge in [-0.1, -0.05) is 5.16 Å². The maximum Gasteiger partial charge on any atom is 0.209 e. The van der Waals surface area contributed by atoms with Crippen LogP contribution in [0.5, 0.6) is 0 Å². The van der Waals surface area contributed by atoms with Gasteiger partial charge in [0.05, 0.1) is 6.20 Å². The van der Waals surface area contributed by atoms with E-state index >= 15 is 0 Å². The van der Waals surface area contributed by atoms with E-state index in [0.717, 1.165) is 5.65 Å². The Morgan fingerprint density at radius 2 is 2.33 bits per heavy atom. The molecule has 15 heavy (non-hydrogen) atoms. The Morgan fingerprint density at radius 1 is 1.40 bits per heavy atom. The van der Waals surface area contributed by atoms with Crippen LogP contribution in [0, 0.1) is 0 Å². The molecular formula is C9H7N5O. The molecule has 0 spiro atoms. The highest BCUT2D eigenvalue weighted by Crippen LogP contribution is 2.24. The van der Waals surface area contributed by atoms with E-state index in [4.69, 9.17) is 10.3 Å². The Morgan fingerprint density at radius 3 is 3.07 bits per heavy atom. The number of hydrogen-bond acceptors (Lipinski definition) is 5. The van der Waals surface area contributed by atoms with E-state index in [1.165, 1.54) is 6.20 Å². The molecule has 0 aliphatic carbocycles. The highest BCUT2D eigenvalue weighted by atomic mass is 16.5. The lowest BCUT2D eigenvalue weighted by Crippen LogP contribution is -1.88. The van der Waals surface area contributed by atoms with Crippen molar-refractivity contribution >= 4 is 11.3 Å². The van der Waals surface area contributed by atoms with E-state index in [9.17, 15) is 0 Å². The molecule has 0 unspecified atom stereocenters. The van der Waals surface area contributed by atoms with E-state index in [1.807, 2.05) is 0 Å². The number of rotatable bonds is 1. The van der Waals surface area contributed by atoms with Gasteiger partial charge in [-0.05, 0) is 6.07 Å². The largest absolute Gasteiger partial charge is 0.394 e. The minimum absolute atomic E-state index is 0.471. The first-order valence-corrected chi connectivity index (χ1v) is 4.35. The summed E-state index contributed by atoms with van der Waals surface area (Å²) in [4.78, 5) is 4.14. The highest BCUT2D eigenvalue weighted by Gasteiger charge is 2.12. The molecule has 0 saturated carbocycles. The number of nitrogen functional groups attached to an aromatic ring is 1. The monoisotopic (exact) mass is 201 g/mol. The molecule has 0 bridgehead atoms. The van der Waals surface area contributed by atoms with Gasteiger partial charge >= 0.3 is 0 Å². The number of fused-ring (bicyclic) bond motifs is 1. The zero-order chi connectivity index (χ0) is 10.3. The number of nitrogens with two attached hydrogens (primary N) is 1. The third-order valence-corrected chi connectivity index (χ3v) is 2.07. The van der Waals surface area contributed by atoms with Gasteiger partial charge in [0, 0.05) is 18.5 Å². The lowest BCUT2D eigenvalue weighted by atomic mass is 10.3. The lowest BCUT2D eigenvalue weighted by molar-refractivity contribution is 0.431. The smallest absolute Gasteiger partial charge is 0.209 e. The number of nitrogens with zero attached hydrogens (tertiary/aromatic N) is 4. The van der Waals surface area contributed by atoms with E-state index in [0.29, 0.717) is 17.1 Å². The zero-order valence-electron chi connectivity index (χ0n) is 7.66. The van der Waals surface area contributed by atoms with Crippen LogP contribution in [0.25, 0.3) is 17.1 Å². The van der Waals surface area contributed by atoms with Gasteiger partial charge in [0.15, 0.2) is 5.65 Å². The number of aromatic nitrogens is 4. The molecule has 0 saturated heterocycles. The second kappa shape index (κ2) is 2.81. The van der Waals surface area contributed by atoms with Crippen LogP contribution in [-0.2, 0) is 0 Å². The van der Waals surface area contributed by atoms with Crippen LogP contribution in [0.1, 0.15) is 0 Å². The van der Waals surface area contributed by atoms with E-state index in [-0.39, 0.29) is 0 Å². The summed E-state index contributed by atoms with van der Waals surface area (Å²) in [6.07, 6.45) is 4.95. The van der Waals surface area contributed by atoms with Gasteiger partial charge in [-0.2, -0.15) is 5.10 Å². The maximum atomic E-state index is 5.67. The fraction of sp³-hybridized carbons (Fsp3) is 0. The van der Waals surface area contributed by atoms with Gasteiger partial charge in [0.1, 0.15) is 11.4 Å². The Balaban J connectivity index is 2.24. The summed E-state index contributed by atoms with van der Waals surface area (Å²) >= 11 is 0. The van der Waals surface area contributed by atoms with E-state index < -0.39 is 0 Å². The highest BCUT2D eigenvalue weighted by molar-refractivity contribution is 5.69. The molecule has 3 rings (SSSR count). The Labute approximate surface area is 84.3 Å². The van der Waals surface area contributed by atoms with Crippen LogP contribution >= 0.6 is 0 Å². The minimum Gasteiger partial charge on any atom is -0.394 e. The predicted octanol–water partition coefficient (Wildman–Crippen LogP) is 0.967. The number of hydrogen-bond donors (Lipinski definition) is 1. The van der Waals surface area contributed by atoms with E-state index in [1.54, 1.807) is 29.0 Å². The standard InChI is InChI=1S/C9H7N5O/c10-6-5-12-15-9(6)7-4-8-11-2-1-3-14(8)13-7/h1-5H,10H2. The van der Waals surface area contributed by atoms with Crippen LogP contribution in [0.4, 0.5) is 5.69 Å². The van der Waals surface area contributed by atoms with Gasteiger partial charge in [-0.3, -0.25) is 0 Å². The minimum atomic E-state index is 0.471. The summed E-state index contributed by atoms with van der Waals surface area (Å²) in [5, 5.41) is 7.86. The van der Waals surface area contributed by atoms with Crippen LogP contribution in [0.3, 0.4) is 0 Å². The Bertz CT molecular complexity index is 579. The lowest BCUT2D eigenvalue weighted by Gasteiger charge is -1.88. The molecule has 0 aliphatic heterocycles. The molecule has 0 amide bonds. The van der Waals surface area contributed by atoms with Gasteiger partial charge in [0.25, 0.3) is 0 Å². The second-order valence-electron chi connectivity index (χ2n) is 3.06.